The van der Waals surface area contributed by atoms with Gasteiger partial charge >= 0.3 is 12.1 Å². The summed E-state index contributed by atoms with van der Waals surface area (Å²) in [5.41, 5.74) is -1.03. The van der Waals surface area contributed by atoms with Gasteiger partial charge in [0.25, 0.3) is 0 Å². The minimum absolute atomic E-state index is 0.180. The first kappa shape index (κ1) is 18.3. The van der Waals surface area contributed by atoms with Crippen LogP contribution < -0.4 is 5.32 Å². The third-order valence-electron chi connectivity index (χ3n) is 2.98. The molecule has 1 aliphatic rings. The van der Waals surface area contributed by atoms with Crippen molar-refractivity contribution in [2.45, 2.75) is 65.1 Å². The van der Waals surface area contributed by atoms with Crippen molar-refractivity contribution in [2.75, 3.05) is 13.2 Å². The first-order valence-corrected chi connectivity index (χ1v) is 7.60. The SMILES string of the molecule is CCCC1(C(=O)OCC)CC(CNC(=O)OC(C)(C)C)=NO1. The van der Waals surface area contributed by atoms with Gasteiger partial charge in [-0.1, -0.05) is 18.5 Å². The van der Waals surface area contributed by atoms with Crippen LogP contribution >= 0.6 is 0 Å². The lowest BCUT2D eigenvalue weighted by Gasteiger charge is -2.23. The standard InChI is InChI=1S/C15H26N2O5/c1-6-8-15(12(18)20-7-2)9-11(17-22-15)10-16-13(19)21-14(3,4)5/h6-10H2,1-5H3,(H,16,19). The van der Waals surface area contributed by atoms with E-state index in [0.717, 1.165) is 6.42 Å². The quantitative estimate of drug-likeness (QED) is 0.761. The number of hydrogen-bond donors (Lipinski definition) is 1. The fourth-order valence-corrected chi connectivity index (χ4v) is 2.14. The summed E-state index contributed by atoms with van der Waals surface area (Å²) in [7, 11) is 0. The number of carbonyl (C=O) groups excluding carboxylic acids is 2. The van der Waals surface area contributed by atoms with E-state index in [-0.39, 0.29) is 6.54 Å². The molecule has 0 spiro atoms. The lowest BCUT2D eigenvalue weighted by molar-refractivity contribution is -0.170. The topological polar surface area (TPSA) is 86.2 Å². The summed E-state index contributed by atoms with van der Waals surface area (Å²) < 4.78 is 10.2. The molecule has 1 N–H and O–H groups in total. The Hall–Kier alpha value is -1.79. The second-order valence-corrected chi connectivity index (χ2v) is 6.25. The van der Waals surface area contributed by atoms with E-state index in [9.17, 15) is 9.59 Å². The number of carbonyl (C=O) groups is 2. The molecule has 126 valence electrons. The van der Waals surface area contributed by atoms with Gasteiger partial charge in [-0.15, -0.1) is 0 Å². The van der Waals surface area contributed by atoms with Gasteiger partial charge in [0, 0.05) is 12.8 Å². The number of oxime groups is 1. The molecule has 0 aliphatic carbocycles. The number of alkyl carbamates (subject to hydrolysis) is 1. The number of nitrogens with one attached hydrogen (secondary N) is 1. The lowest BCUT2D eigenvalue weighted by atomic mass is 9.92. The van der Waals surface area contributed by atoms with Crippen LogP contribution in [0, 0.1) is 0 Å². The van der Waals surface area contributed by atoms with Crippen molar-refractivity contribution in [1.29, 1.82) is 0 Å². The van der Waals surface area contributed by atoms with Gasteiger partial charge in [0.1, 0.15) is 5.60 Å². The molecule has 7 heteroatoms. The first-order chi connectivity index (χ1) is 10.2. The van der Waals surface area contributed by atoms with Gasteiger partial charge in [-0.2, -0.15) is 0 Å². The maximum Gasteiger partial charge on any atom is 0.407 e. The maximum absolute atomic E-state index is 12.1. The second kappa shape index (κ2) is 7.47. The second-order valence-electron chi connectivity index (χ2n) is 6.25. The molecule has 0 aromatic carbocycles. The average Bonchev–Trinajstić information content (AvgIpc) is 2.80. The number of ether oxygens (including phenoxy) is 2. The van der Waals surface area contributed by atoms with Crippen LogP contribution in [0.3, 0.4) is 0 Å². The van der Waals surface area contributed by atoms with Crippen LogP contribution in [0.5, 0.6) is 0 Å². The van der Waals surface area contributed by atoms with Crippen LogP contribution in [0.1, 0.15) is 53.9 Å². The monoisotopic (exact) mass is 314 g/mol. The number of amides is 1. The van der Waals surface area contributed by atoms with Gasteiger partial charge in [-0.25, -0.2) is 9.59 Å². The van der Waals surface area contributed by atoms with E-state index in [1.807, 2.05) is 6.92 Å². The summed E-state index contributed by atoms with van der Waals surface area (Å²) in [5.74, 6) is -0.409. The van der Waals surface area contributed by atoms with E-state index in [1.165, 1.54) is 0 Å². The smallest absolute Gasteiger partial charge is 0.407 e. The third kappa shape index (κ3) is 5.20. The van der Waals surface area contributed by atoms with Crippen molar-refractivity contribution < 1.29 is 23.9 Å². The Morgan fingerprint density at radius 2 is 2.05 bits per heavy atom. The van der Waals surface area contributed by atoms with Gasteiger partial charge in [0.15, 0.2) is 0 Å². The molecule has 1 amide bonds. The maximum atomic E-state index is 12.1. The summed E-state index contributed by atoms with van der Waals surface area (Å²) in [6.07, 6.45) is 1.07. The number of rotatable bonds is 6. The third-order valence-corrected chi connectivity index (χ3v) is 2.98. The summed E-state index contributed by atoms with van der Waals surface area (Å²) in [6, 6.07) is 0. The predicted molar refractivity (Wildman–Crippen MR) is 81.6 cm³/mol. The van der Waals surface area contributed by atoms with Gasteiger partial charge in [-0.05, 0) is 27.7 Å². The van der Waals surface area contributed by atoms with Crippen LogP contribution in [0.15, 0.2) is 5.16 Å². The minimum Gasteiger partial charge on any atom is -0.463 e. The Labute approximate surface area is 131 Å². The molecule has 1 unspecified atom stereocenters. The summed E-state index contributed by atoms with van der Waals surface area (Å²) in [5, 5.41) is 6.53. The van der Waals surface area contributed by atoms with Crippen molar-refractivity contribution in [3.05, 3.63) is 0 Å². The van der Waals surface area contributed by atoms with Crippen molar-refractivity contribution in [1.82, 2.24) is 5.32 Å². The molecule has 1 atom stereocenters. The molecule has 0 saturated heterocycles. The molecule has 0 bridgehead atoms. The van der Waals surface area contributed by atoms with Crippen molar-refractivity contribution in [2.24, 2.45) is 5.16 Å². The fraction of sp³-hybridized carbons (Fsp3) is 0.800. The Morgan fingerprint density at radius 1 is 1.36 bits per heavy atom. The molecule has 0 fully saturated rings. The molecule has 22 heavy (non-hydrogen) atoms. The van der Waals surface area contributed by atoms with Gasteiger partial charge < -0.3 is 19.6 Å². The highest BCUT2D eigenvalue weighted by Gasteiger charge is 2.47. The average molecular weight is 314 g/mol. The predicted octanol–water partition coefficient (Wildman–Crippen LogP) is 2.39. The number of hydrogen-bond acceptors (Lipinski definition) is 6. The molecule has 7 nitrogen and oxygen atoms in total. The fourth-order valence-electron chi connectivity index (χ4n) is 2.14. The Balaban J connectivity index is 2.55. The van der Waals surface area contributed by atoms with Gasteiger partial charge in [0.05, 0.1) is 18.9 Å². The molecule has 1 aliphatic heterocycles. The largest absolute Gasteiger partial charge is 0.463 e. The minimum atomic E-state index is -1.06. The van der Waals surface area contributed by atoms with Crippen LogP contribution in [0.4, 0.5) is 4.79 Å². The Kier molecular flexibility index (Phi) is 6.20. The van der Waals surface area contributed by atoms with Crippen molar-refractivity contribution in [3.63, 3.8) is 0 Å². The van der Waals surface area contributed by atoms with E-state index in [1.54, 1.807) is 27.7 Å². The number of nitrogens with zero attached hydrogens (tertiary/aromatic N) is 1. The zero-order chi connectivity index (χ0) is 16.8. The van der Waals surface area contributed by atoms with Crippen molar-refractivity contribution in [3.8, 4) is 0 Å². The number of esters is 1. The molecule has 0 aromatic rings. The first-order valence-electron chi connectivity index (χ1n) is 7.60. The summed E-state index contributed by atoms with van der Waals surface area (Å²) in [4.78, 5) is 29.1. The van der Waals surface area contributed by atoms with E-state index in [0.29, 0.717) is 25.2 Å². The van der Waals surface area contributed by atoms with Gasteiger partial charge in [0.2, 0.25) is 5.60 Å². The van der Waals surface area contributed by atoms with Crippen LogP contribution in [-0.2, 0) is 19.1 Å². The van der Waals surface area contributed by atoms with E-state index >= 15 is 0 Å². The molecular weight excluding hydrogens is 288 g/mol. The molecule has 1 rings (SSSR count). The molecular formula is C15H26N2O5. The highest BCUT2D eigenvalue weighted by molar-refractivity contribution is 5.96. The van der Waals surface area contributed by atoms with Crippen LogP contribution in [-0.4, -0.2) is 42.1 Å². The van der Waals surface area contributed by atoms with Crippen molar-refractivity contribution >= 4 is 17.8 Å². The highest BCUT2D eigenvalue weighted by atomic mass is 16.7. The van der Waals surface area contributed by atoms with E-state index in [4.69, 9.17) is 14.3 Å². The molecule has 1 heterocycles. The van der Waals surface area contributed by atoms with Crippen LogP contribution in [0.25, 0.3) is 0 Å². The Bertz CT molecular complexity index is 442. The summed E-state index contributed by atoms with van der Waals surface area (Å²) in [6.45, 7) is 9.54. The normalized spacial score (nSPS) is 20.9. The van der Waals surface area contributed by atoms with E-state index < -0.39 is 23.3 Å². The van der Waals surface area contributed by atoms with Gasteiger partial charge in [-0.3, -0.25) is 0 Å². The molecule has 0 aromatic heterocycles. The highest BCUT2D eigenvalue weighted by Crippen LogP contribution is 2.30. The van der Waals surface area contributed by atoms with Crippen LogP contribution in [0.2, 0.25) is 0 Å². The van der Waals surface area contributed by atoms with E-state index in [2.05, 4.69) is 10.5 Å². The zero-order valence-electron chi connectivity index (χ0n) is 14.0. The summed E-state index contributed by atoms with van der Waals surface area (Å²) >= 11 is 0. The molecule has 0 saturated carbocycles. The zero-order valence-corrected chi connectivity index (χ0v) is 14.0. The lowest BCUT2D eigenvalue weighted by Crippen LogP contribution is -2.42. The molecule has 0 radical (unpaired) electrons. The Morgan fingerprint density at radius 3 is 2.59 bits per heavy atom.